The highest BCUT2D eigenvalue weighted by atomic mass is 32.1. The van der Waals surface area contributed by atoms with Gasteiger partial charge < -0.3 is 10.2 Å². The van der Waals surface area contributed by atoms with Crippen LogP contribution in [0.3, 0.4) is 0 Å². The zero-order valence-electron chi connectivity index (χ0n) is 10.4. The van der Waals surface area contributed by atoms with Crippen LogP contribution in [0.5, 0.6) is 0 Å². The third kappa shape index (κ3) is 2.79. The van der Waals surface area contributed by atoms with Crippen LogP contribution in [-0.4, -0.2) is 23.5 Å². The Morgan fingerprint density at radius 2 is 2.42 bits per heavy atom. The molecule has 4 nitrogen and oxygen atoms in total. The highest BCUT2D eigenvalue weighted by Crippen LogP contribution is 2.27. The van der Waals surface area contributed by atoms with Crippen molar-refractivity contribution in [2.24, 2.45) is 0 Å². The molecule has 1 fully saturated rings. The molecule has 0 saturated carbocycles. The summed E-state index contributed by atoms with van der Waals surface area (Å²) in [5.41, 5.74) is 0. The second-order valence-corrected chi connectivity index (χ2v) is 6.37. The molecule has 1 aliphatic heterocycles. The number of carbonyl (C=O) groups is 1. The van der Waals surface area contributed by atoms with Gasteiger partial charge in [0.25, 0.3) is 0 Å². The Kier molecular flexibility index (Phi) is 3.79. The normalized spacial score (nSPS) is 18.7. The standard InChI is InChI=1S/C13H15N3OS2/c17-12(15-9-10-3-2-7-18-10)11-4-1-6-16(11)13-14-5-8-19-13/h2-3,5,7-8,11H,1,4,6,9H2,(H,15,17). The molecule has 1 amide bonds. The maximum absolute atomic E-state index is 12.3. The van der Waals surface area contributed by atoms with Crippen LogP contribution in [0, 0.1) is 0 Å². The maximum Gasteiger partial charge on any atom is 0.243 e. The number of carbonyl (C=O) groups excluding carboxylic acids is 1. The quantitative estimate of drug-likeness (QED) is 0.942. The molecule has 0 radical (unpaired) electrons. The number of hydrogen-bond acceptors (Lipinski definition) is 5. The SMILES string of the molecule is O=C(NCc1cccs1)C1CCCN1c1nccs1. The van der Waals surface area contributed by atoms with Crippen molar-refractivity contribution in [1.82, 2.24) is 10.3 Å². The van der Waals surface area contributed by atoms with Crippen molar-refractivity contribution in [1.29, 1.82) is 0 Å². The molecule has 0 spiro atoms. The molecule has 1 unspecified atom stereocenters. The minimum Gasteiger partial charge on any atom is -0.349 e. The third-order valence-corrected chi connectivity index (χ3v) is 4.92. The number of nitrogens with one attached hydrogen (secondary N) is 1. The third-order valence-electron chi connectivity index (χ3n) is 3.24. The van der Waals surface area contributed by atoms with Crippen LogP contribution in [0.1, 0.15) is 17.7 Å². The van der Waals surface area contributed by atoms with Gasteiger partial charge in [0, 0.05) is 23.0 Å². The molecule has 1 aliphatic rings. The molecule has 2 aromatic rings. The molecule has 3 rings (SSSR count). The Morgan fingerprint density at radius 3 is 3.16 bits per heavy atom. The number of rotatable bonds is 4. The van der Waals surface area contributed by atoms with Gasteiger partial charge in [-0.3, -0.25) is 4.79 Å². The van der Waals surface area contributed by atoms with Crippen LogP contribution in [0.4, 0.5) is 5.13 Å². The van der Waals surface area contributed by atoms with Crippen molar-refractivity contribution < 1.29 is 4.79 Å². The maximum atomic E-state index is 12.3. The number of amides is 1. The summed E-state index contributed by atoms with van der Waals surface area (Å²) in [6.45, 7) is 1.54. The van der Waals surface area contributed by atoms with Gasteiger partial charge >= 0.3 is 0 Å². The second kappa shape index (κ2) is 5.71. The number of thiazole rings is 1. The molecule has 100 valence electrons. The summed E-state index contributed by atoms with van der Waals surface area (Å²) in [5, 5.41) is 7.96. The van der Waals surface area contributed by atoms with Crippen LogP contribution in [0.2, 0.25) is 0 Å². The average molecular weight is 293 g/mol. The van der Waals surface area contributed by atoms with E-state index in [1.807, 2.05) is 22.9 Å². The molecule has 1 N–H and O–H groups in total. The zero-order chi connectivity index (χ0) is 13.1. The molecule has 19 heavy (non-hydrogen) atoms. The lowest BCUT2D eigenvalue weighted by Gasteiger charge is -2.22. The van der Waals surface area contributed by atoms with E-state index in [1.54, 1.807) is 28.9 Å². The first kappa shape index (κ1) is 12.6. The predicted molar refractivity (Wildman–Crippen MR) is 78.6 cm³/mol. The zero-order valence-corrected chi connectivity index (χ0v) is 12.0. The van der Waals surface area contributed by atoms with E-state index in [0.717, 1.165) is 24.5 Å². The Balaban J connectivity index is 1.62. The van der Waals surface area contributed by atoms with Gasteiger partial charge in [-0.05, 0) is 24.3 Å². The first-order chi connectivity index (χ1) is 9.34. The Hall–Kier alpha value is -1.40. The van der Waals surface area contributed by atoms with Gasteiger partial charge in [-0.2, -0.15) is 0 Å². The predicted octanol–water partition coefficient (Wildman–Crippen LogP) is 2.49. The molecule has 2 aromatic heterocycles. The average Bonchev–Trinajstić information content (AvgIpc) is 3.14. The van der Waals surface area contributed by atoms with Gasteiger partial charge in [-0.1, -0.05) is 6.07 Å². The van der Waals surface area contributed by atoms with Gasteiger partial charge in [0.15, 0.2) is 5.13 Å². The van der Waals surface area contributed by atoms with Gasteiger partial charge in [0.1, 0.15) is 6.04 Å². The van der Waals surface area contributed by atoms with E-state index in [1.165, 1.54) is 4.88 Å². The number of thiophene rings is 1. The minimum absolute atomic E-state index is 0.0638. The first-order valence-corrected chi connectivity index (χ1v) is 8.07. The molecule has 1 saturated heterocycles. The fourth-order valence-electron chi connectivity index (χ4n) is 2.33. The summed E-state index contributed by atoms with van der Waals surface area (Å²) in [4.78, 5) is 19.9. The van der Waals surface area contributed by atoms with E-state index in [2.05, 4.69) is 15.2 Å². The first-order valence-electron chi connectivity index (χ1n) is 6.31. The molecular weight excluding hydrogens is 278 g/mol. The van der Waals surface area contributed by atoms with Crippen molar-refractivity contribution in [3.8, 4) is 0 Å². The van der Waals surface area contributed by atoms with Crippen molar-refractivity contribution >= 4 is 33.7 Å². The van der Waals surface area contributed by atoms with Crippen LogP contribution in [0.25, 0.3) is 0 Å². The van der Waals surface area contributed by atoms with Crippen molar-refractivity contribution in [3.63, 3.8) is 0 Å². The smallest absolute Gasteiger partial charge is 0.243 e. The van der Waals surface area contributed by atoms with E-state index in [4.69, 9.17) is 0 Å². The van der Waals surface area contributed by atoms with Crippen LogP contribution in [0.15, 0.2) is 29.1 Å². The monoisotopic (exact) mass is 293 g/mol. The number of aromatic nitrogens is 1. The lowest BCUT2D eigenvalue weighted by atomic mass is 10.2. The van der Waals surface area contributed by atoms with Crippen LogP contribution in [-0.2, 0) is 11.3 Å². The molecule has 1 atom stereocenters. The largest absolute Gasteiger partial charge is 0.349 e. The van der Waals surface area contributed by atoms with E-state index >= 15 is 0 Å². The van der Waals surface area contributed by atoms with Gasteiger partial charge in [-0.25, -0.2) is 4.98 Å². The van der Waals surface area contributed by atoms with Gasteiger partial charge in [0.05, 0.1) is 6.54 Å². The summed E-state index contributed by atoms with van der Waals surface area (Å²) in [6.07, 6.45) is 3.76. The van der Waals surface area contributed by atoms with E-state index in [0.29, 0.717) is 6.54 Å². The topological polar surface area (TPSA) is 45.2 Å². The number of nitrogens with zero attached hydrogens (tertiary/aromatic N) is 2. The molecule has 0 bridgehead atoms. The van der Waals surface area contributed by atoms with E-state index in [-0.39, 0.29) is 11.9 Å². The highest BCUT2D eigenvalue weighted by Gasteiger charge is 2.31. The fraction of sp³-hybridized carbons (Fsp3) is 0.385. The second-order valence-electron chi connectivity index (χ2n) is 4.46. The summed E-state index contributed by atoms with van der Waals surface area (Å²) >= 11 is 3.26. The minimum atomic E-state index is -0.0638. The Labute approximate surface area is 120 Å². The summed E-state index contributed by atoms with van der Waals surface area (Å²) in [5.74, 6) is 0.112. The fourth-order valence-corrected chi connectivity index (χ4v) is 3.69. The highest BCUT2D eigenvalue weighted by molar-refractivity contribution is 7.13. The van der Waals surface area contributed by atoms with Crippen molar-refractivity contribution in [3.05, 3.63) is 34.0 Å². The lowest BCUT2D eigenvalue weighted by Crippen LogP contribution is -2.43. The van der Waals surface area contributed by atoms with E-state index < -0.39 is 0 Å². The van der Waals surface area contributed by atoms with Crippen molar-refractivity contribution in [2.45, 2.75) is 25.4 Å². The molecule has 6 heteroatoms. The van der Waals surface area contributed by atoms with Gasteiger partial charge in [-0.15, -0.1) is 22.7 Å². The van der Waals surface area contributed by atoms with Crippen LogP contribution < -0.4 is 10.2 Å². The summed E-state index contributed by atoms with van der Waals surface area (Å²) in [7, 11) is 0. The molecular formula is C13H15N3OS2. The summed E-state index contributed by atoms with van der Waals surface area (Å²) in [6, 6.07) is 3.98. The van der Waals surface area contributed by atoms with Crippen LogP contribution >= 0.6 is 22.7 Å². The molecule has 3 heterocycles. The molecule has 0 aliphatic carbocycles. The summed E-state index contributed by atoms with van der Waals surface area (Å²) < 4.78 is 0. The Bertz CT molecular complexity index is 524. The van der Waals surface area contributed by atoms with Crippen molar-refractivity contribution in [2.75, 3.05) is 11.4 Å². The van der Waals surface area contributed by atoms with E-state index in [9.17, 15) is 4.79 Å². The molecule has 0 aromatic carbocycles. The van der Waals surface area contributed by atoms with Gasteiger partial charge in [0.2, 0.25) is 5.91 Å². The Morgan fingerprint density at radius 1 is 1.47 bits per heavy atom. The number of hydrogen-bond donors (Lipinski definition) is 1. The lowest BCUT2D eigenvalue weighted by molar-refractivity contribution is -0.122. The number of anilines is 1.